The third kappa shape index (κ3) is 6.17. The van der Waals surface area contributed by atoms with Gasteiger partial charge in [0.15, 0.2) is 5.96 Å². The maximum Gasteiger partial charge on any atom is 0.191 e. The molecule has 0 amide bonds. The number of unbranched alkanes of at least 4 members (excludes halogenated alkanes) is 1. The Bertz CT molecular complexity index is 667. The van der Waals surface area contributed by atoms with E-state index in [-0.39, 0.29) is 5.82 Å². The van der Waals surface area contributed by atoms with Gasteiger partial charge in [0.25, 0.3) is 0 Å². The number of aliphatic imine (C=N–C) groups is 1. The molecule has 0 radical (unpaired) electrons. The van der Waals surface area contributed by atoms with Gasteiger partial charge in [-0.15, -0.1) is 10.2 Å². The van der Waals surface area contributed by atoms with Gasteiger partial charge < -0.3 is 15.2 Å². The Balaban J connectivity index is 1.92. The third-order valence-electron chi connectivity index (χ3n) is 3.85. The molecule has 0 bridgehead atoms. The van der Waals surface area contributed by atoms with E-state index in [0.29, 0.717) is 24.6 Å². The minimum Gasteiger partial charge on any atom is -0.356 e. The first-order valence-electron chi connectivity index (χ1n) is 8.86. The second kappa shape index (κ2) is 10.4. The van der Waals surface area contributed by atoms with Crippen molar-refractivity contribution in [2.45, 2.75) is 46.2 Å². The third-order valence-corrected chi connectivity index (χ3v) is 3.85. The van der Waals surface area contributed by atoms with E-state index in [4.69, 9.17) is 0 Å². The first-order valence-corrected chi connectivity index (χ1v) is 8.86. The first kappa shape index (κ1) is 18.9. The number of aromatic nitrogens is 3. The lowest BCUT2D eigenvalue weighted by atomic mass is 10.2. The quantitative estimate of drug-likeness (QED) is 0.416. The number of hydrogen-bond acceptors (Lipinski definition) is 3. The molecule has 1 aromatic carbocycles. The van der Waals surface area contributed by atoms with Gasteiger partial charge in [0.2, 0.25) is 0 Å². The highest BCUT2D eigenvalue weighted by atomic mass is 19.1. The molecule has 0 saturated heterocycles. The van der Waals surface area contributed by atoms with Crippen LogP contribution in [0.1, 0.15) is 38.1 Å². The molecule has 7 heteroatoms. The summed E-state index contributed by atoms with van der Waals surface area (Å²) in [5.41, 5.74) is 0.589. The van der Waals surface area contributed by atoms with Crippen LogP contribution in [0.5, 0.6) is 0 Å². The van der Waals surface area contributed by atoms with Gasteiger partial charge in [-0.2, -0.15) is 0 Å². The maximum absolute atomic E-state index is 13.7. The monoisotopic (exact) mass is 346 g/mol. The predicted molar refractivity (Wildman–Crippen MR) is 97.9 cm³/mol. The lowest BCUT2D eigenvalue weighted by Crippen LogP contribution is -2.39. The number of nitrogens with zero attached hydrogens (tertiary/aromatic N) is 4. The van der Waals surface area contributed by atoms with Gasteiger partial charge in [-0.05, 0) is 12.5 Å². The van der Waals surface area contributed by atoms with E-state index >= 15 is 0 Å². The predicted octanol–water partition coefficient (Wildman–Crippen LogP) is 2.52. The second-order valence-corrected chi connectivity index (χ2v) is 5.76. The summed E-state index contributed by atoms with van der Waals surface area (Å²) in [5, 5.41) is 14.6. The lowest BCUT2D eigenvalue weighted by molar-refractivity contribution is 0.608. The van der Waals surface area contributed by atoms with Crippen LogP contribution in [-0.2, 0) is 19.5 Å². The minimum absolute atomic E-state index is 0.226. The molecule has 0 atom stereocenters. The Morgan fingerprint density at radius 3 is 2.76 bits per heavy atom. The van der Waals surface area contributed by atoms with E-state index < -0.39 is 0 Å². The molecule has 6 nitrogen and oxygen atoms in total. The summed E-state index contributed by atoms with van der Waals surface area (Å²) in [7, 11) is 0. The van der Waals surface area contributed by atoms with Gasteiger partial charge in [0, 0.05) is 31.6 Å². The van der Waals surface area contributed by atoms with Crippen LogP contribution in [0.3, 0.4) is 0 Å². The molecule has 2 rings (SSSR count). The Hall–Kier alpha value is -2.44. The lowest BCUT2D eigenvalue weighted by Gasteiger charge is -2.13. The van der Waals surface area contributed by atoms with Gasteiger partial charge in [-0.1, -0.05) is 38.5 Å². The molecule has 2 aromatic rings. The minimum atomic E-state index is -0.226. The number of nitrogens with one attached hydrogen (secondary N) is 2. The van der Waals surface area contributed by atoms with Crippen molar-refractivity contribution in [3.05, 3.63) is 47.8 Å². The van der Waals surface area contributed by atoms with E-state index in [2.05, 4.69) is 39.7 Å². The number of aryl methyl sites for hydroxylation is 1. The van der Waals surface area contributed by atoms with Crippen molar-refractivity contribution < 1.29 is 4.39 Å². The number of rotatable bonds is 9. The number of guanidine groups is 1. The van der Waals surface area contributed by atoms with Crippen molar-refractivity contribution >= 4 is 5.96 Å². The molecular weight excluding hydrogens is 319 g/mol. The van der Waals surface area contributed by atoms with Crippen molar-refractivity contribution in [2.24, 2.45) is 4.99 Å². The summed E-state index contributed by atoms with van der Waals surface area (Å²) < 4.78 is 15.8. The first-order chi connectivity index (χ1) is 12.2. The fraction of sp³-hybridized carbons (Fsp3) is 0.500. The van der Waals surface area contributed by atoms with Crippen molar-refractivity contribution in [3.63, 3.8) is 0 Å². The molecular formula is C18H27FN6. The highest BCUT2D eigenvalue weighted by molar-refractivity contribution is 5.79. The zero-order valence-corrected chi connectivity index (χ0v) is 15.0. The van der Waals surface area contributed by atoms with Crippen LogP contribution in [0.25, 0.3) is 0 Å². The molecule has 0 saturated carbocycles. The summed E-state index contributed by atoms with van der Waals surface area (Å²) in [6.45, 7) is 6.79. The fourth-order valence-corrected chi connectivity index (χ4v) is 2.38. The number of benzene rings is 1. The van der Waals surface area contributed by atoms with E-state index in [1.165, 1.54) is 6.07 Å². The Morgan fingerprint density at radius 1 is 1.20 bits per heavy atom. The summed E-state index contributed by atoms with van der Waals surface area (Å²) in [6, 6.07) is 6.73. The van der Waals surface area contributed by atoms with Crippen molar-refractivity contribution in [2.75, 3.05) is 13.1 Å². The highest BCUT2D eigenvalue weighted by Gasteiger charge is 2.04. The average Bonchev–Trinajstić information content (AvgIpc) is 3.08. The van der Waals surface area contributed by atoms with E-state index in [1.54, 1.807) is 18.5 Å². The molecule has 0 spiro atoms. The molecule has 1 aromatic heterocycles. The normalized spacial score (nSPS) is 11.6. The van der Waals surface area contributed by atoms with E-state index in [9.17, 15) is 4.39 Å². The summed E-state index contributed by atoms with van der Waals surface area (Å²) >= 11 is 0. The number of halogens is 1. The largest absolute Gasteiger partial charge is 0.356 e. The van der Waals surface area contributed by atoms with Crippen molar-refractivity contribution in [1.29, 1.82) is 0 Å². The smallest absolute Gasteiger partial charge is 0.191 e. The molecule has 136 valence electrons. The van der Waals surface area contributed by atoms with E-state index in [1.807, 2.05) is 10.6 Å². The molecule has 0 aliphatic heterocycles. The fourth-order valence-electron chi connectivity index (χ4n) is 2.38. The van der Waals surface area contributed by atoms with Gasteiger partial charge in [0.05, 0.1) is 6.54 Å². The molecule has 1 heterocycles. The Kier molecular flexibility index (Phi) is 7.88. The van der Waals surface area contributed by atoms with Crippen LogP contribution >= 0.6 is 0 Å². The molecule has 0 aliphatic carbocycles. The van der Waals surface area contributed by atoms with Crippen molar-refractivity contribution in [3.8, 4) is 0 Å². The zero-order valence-electron chi connectivity index (χ0n) is 15.0. The molecule has 0 fully saturated rings. The molecule has 0 aliphatic rings. The number of hydrogen-bond donors (Lipinski definition) is 2. The van der Waals surface area contributed by atoms with Crippen LogP contribution in [0.2, 0.25) is 0 Å². The van der Waals surface area contributed by atoms with Crippen LogP contribution < -0.4 is 10.6 Å². The molecule has 25 heavy (non-hydrogen) atoms. The Labute approximate surface area is 148 Å². The van der Waals surface area contributed by atoms with Crippen LogP contribution in [-0.4, -0.2) is 33.8 Å². The maximum atomic E-state index is 13.7. The van der Waals surface area contributed by atoms with E-state index in [0.717, 1.165) is 38.2 Å². The van der Waals surface area contributed by atoms with Crippen LogP contribution in [0.15, 0.2) is 35.6 Å². The summed E-state index contributed by atoms with van der Waals surface area (Å²) in [6.07, 6.45) is 4.75. The summed E-state index contributed by atoms with van der Waals surface area (Å²) in [4.78, 5) is 4.50. The highest BCUT2D eigenvalue weighted by Crippen LogP contribution is 2.07. The Morgan fingerprint density at radius 2 is 2.00 bits per heavy atom. The second-order valence-electron chi connectivity index (χ2n) is 5.76. The van der Waals surface area contributed by atoms with Crippen LogP contribution in [0, 0.1) is 5.82 Å². The van der Waals surface area contributed by atoms with Gasteiger partial charge >= 0.3 is 0 Å². The zero-order chi connectivity index (χ0) is 17.9. The molecule has 2 N–H and O–H groups in total. The van der Waals surface area contributed by atoms with Gasteiger partial charge in [-0.3, -0.25) is 0 Å². The van der Waals surface area contributed by atoms with Gasteiger partial charge in [0.1, 0.15) is 18.0 Å². The standard InChI is InChI=1S/C18H27FN6/c1-3-5-10-20-18(22-13-15-8-6-7-9-16(15)19)21-11-12-25-14-23-24-17(25)4-2/h6-9,14H,3-5,10-13H2,1-2H3,(H2,20,21,22). The topological polar surface area (TPSA) is 67.1 Å². The average molecular weight is 346 g/mol. The van der Waals surface area contributed by atoms with Gasteiger partial charge in [-0.25, -0.2) is 9.38 Å². The van der Waals surface area contributed by atoms with Crippen LogP contribution in [0.4, 0.5) is 4.39 Å². The SMILES string of the molecule is CCCCNC(=NCc1ccccc1F)NCCn1cnnc1CC. The van der Waals surface area contributed by atoms with Crippen molar-refractivity contribution in [1.82, 2.24) is 25.4 Å². The summed E-state index contributed by atoms with van der Waals surface area (Å²) in [5.74, 6) is 1.43. The molecule has 0 unspecified atom stereocenters.